The second-order valence-electron chi connectivity index (χ2n) is 6.05. The first kappa shape index (κ1) is 18.9. The minimum atomic E-state index is -0.308. The molecular formula is C18H20ClN3O3S. The largest absolute Gasteiger partial charge is 0.396 e. The Bertz CT molecular complexity index is 869. The lowest BCUT2D eigenvalue weighted by Gasteiger charge is -2.13. The Balaban J connectivity index is 1.70. The van der Waals surface area contributed by atoms with Gasteiger partial charge in [0.25, 0.3) is 0 Å². The quantitative estimate of drug-likeness (QED) is 0.557. The minimum absolute atomic E-state index is 0.0430. The number of aromatic nitrogens is 2. The van der Waals surface area contributed by atoms with Gasteiger partial charge in [-0.3, -0.25) is 9.36 Å². The van der Waals surface area contributed by atoms with E-state index in [1.807, 2.05) is 0 Å². The van der Waals surface area contributed by atoms with Gasteiger partial charge in [0.1, 0.15) is 5.03 Å². The zero-order valence-corrected chi connectivity index (χ0v) is 15.8. The molecule has 2 N–H and O–H groups in total. The lowest BCUT2D eigenvalue weighted by atomic mass is 10.2. The summed E-state index contributed by atoms with van der Waals surface area (Å²) in [4.78, 5) is 28.7. The van der Waals surface area contributed by atoms with Crippen molar-refractivity contribution in [3.8, 4) is 0 Å². The molecule has 138 valence electrons. The standard InChI is InChI=1S/C18H20ClN3O3S/c19-12-4-1-5-13(10-12)20-16(24)11-26-17-14-6-2-7-15(14)22(8-3-9-23)18(25)21-17/h1,4-5,10,23H,2-3,6-9,11H2,(H,20,24). The number of nitrogens with zero attached hydrogens (tertiary/aromatic N) is 2. The van der Waals surface area contributed by atoms with E-state index in [9.17, 15) is 9.59 Å². The number of hydrogen-bond acceptors (Lipinski definition) is 5. The Morgan fingerprint density at radius 1 is 1.38 bits per heavy atom. The third kappa shape index (κ3) is 4.47. The summed E-state index contributed by atoms with van der Waals surface area (Å²) in [6.07, 6.45) is 3.20. The van der Waals surface area contributed by atoms with Crippen LogP contribution in [0.3, 0.4) is 0 Å². The number of rotatable bonds is 7. The molecule has 0 unspecified atom stereocenters. The summed E-state index contributed by atoms with van der Waals surface area (Å²) in [5, 5.41) is 13.0. The van der Waals surface area contributed by atoms with Crippen LogP contribution in [0.1, 0.15) is 24.1 Å². The molecule has 1 heterocycles. The van der Waals surface area contributed by atoms with Crippen LogP contribution in [-0.2, 0) is 24.2 Å². The number of carbonyl (C=O) groups excluding carboxylic acids is 1. The molecule has 0 bridgehead atoms. The molecular weight excluding hydrogens is 374 g/mol. The Labute approximate surface area is 160 Å². The average molecular weight is 394 g/mol. The second kappa shape index (κ2) is 8.70. The van der Waals surface area contributed by atoms with E-state index in [0.717, 1.165) is 30.5 Å². The smallest absolute Gasteiger partial charge is 0.348 e. The van der Waals surface area contributed by atoms with Crippen molar-refractivity contribution in [3.05, 3.63) is 51.0 Å². The molecule has 0 saturated carbocycles. The predicted molar refractivity (Wildman–Crippen MR) is 103 cm³/mol. The number of aliphatic hydroxyl groups is 1. The number of thioether (sulfide) groups is 1. The molecule has 0 fully saturated rings. The van der Waals surface area contributed by atoms with Crippen LogP contribution >= 0.6 is 23.4 Å². The van der Waals surface area contributed by atoms with E-state index in [0.29, 0.717) is 28.7 Å². The lowest BCUT2D eigenvalue weighted by Crippen LogP contribution is -2.28. The van der Waals surface area contributed by atoms with Gasteiger partial charge in [-0.25, -0.2) is 4.79 Å². The van der Waals surface area contributed by atoms with Crippen molar-refractivity contribution in [2.45, 2.75) is 37.3 Å². The van der Waals surface area contributed by atoms with Crippen molar-refractivity contribution in [2.75, 3.05) is 17.7 Å². The highest BCUT2D eigenvalue weighted by atomic mass is 35.5. The van der Waals surface area contributed by atoms with Gasteiger partial charge in [0.15, 0.2) is 0 Å². The van der Waals surface area contributed by atoms with Gasteiger partial charge < -0.3 is 10.4 Å². The van der Waals surface area contributed by atoms with Crippen molar-refractivity contribution in [1.29, 1.82) is 0 Å². The number of nitrogens with one attached hydrogen (secondary N) is 1. The highest BCUT2D eigenvalue weighted by Gasteiger charge is 2.22. The number of halogens is 1. The zero-order valence-electron chi connectivity index (χ0n) is 14.2. The highest BCUT2D eigenvalue weighted by molar-refractivity contribution is 8.00. The second-order valence-corrected chi connectivity index (χ2v) is 7.45. The van der Waals surface area contributed by atoms with Crippen LogP contribution in [0, 0.1) is 0 Å². The van der Waals surface area contributed by atoms with E-state index >= 15 is 0 Å². The summed E-state index contributed by atoms with van der Waals surface area (Å²) < 4.78 is 1.66. The molecule has 1 aliphatic carbocycles. The average Bonchev–Trinajstić information content (AvgIpc) is 3.09. The van der Waals surface area contributed by atoms with Gasteiger partial charge in [0, 0.05) is 35.1 Å². The molecule has 0 spiro atoms. The Morgan fingerprint density at radius 3 is 3.00 bits per heavy atom. The van der Waals surface area contributed by atoms with Gasteiger partial charge in [-0.1, -0.05) is 29.4 Å². The van der Waals surface area contributed by atoms with Crippen molar-refractivity contribution in [1.82, 2.24) is 9.55 Å². The molecule has 0 atom stereocenters. The fourth-order valence-electron chi connectivity index (χ4n) is 3.06. The van der Waals surface area contributed by atoms with E-state index < -0.39 is 0 Å². The normalized spacial score (nSPS) is 12.8. The van der Waals surface area contributed by atoms with Crippen molar-refractivity contribution in [3.63, 3.8) is 0 Å². The van der Waals surface area contributed by atoms with E-state index in [-0.39, 0.29) is 24.0 Å². The molecule has 0 radical (unpaired) electrons. The lowest BCUT2D eigenvalue weighted by molar-refractivity contribution is -0.113. The number of anilines is 1. The number of aliphatic hydroxyl groups excluding tert-OH is 1. The Kier molecular flexibility index (Phi) is 6.34. The number of carbonyl (C=O) groups is 1. The number of amides is 1. The molecule has 2 aromatic rings. The van der Waals surface area contributed by atoms with E-state index in [4.69, 9.17) is 16.7 Å². The Hall–Kier alpha value is -1.83. The third-order valence-electron chi connectivity index (χ3n) is 4.19. The summed E-state index contributed by atoms with van der Waals surface area (Å²) in [7, 11) is 0. The van der Waals surface area contributed by atoms with Gasteiger partial charge in [-0.05, 0) is 43.9 Å². The number of fused-ring (bicyclic) bond motifs is 1. The molecule has 1 aromatic carbocycles. The van der Waals surface area contributed by atoms with Crippen LogP contribution in [0.2, 0.25) is 5.02 Å². The topological polar surface area (TPSA) is 84.2 Å². The van der Waals surface area contributed by atoms with Crippen molar-refractivity contribution >= 4 is 35.0 Å². The Morgan fingerprint density at radius 2 is 2.23 bits per heavy atom. The van der Waals surface area contributed by atoms with Gasteiger partial charge >= 0.3 is 5.69 Å². The number of benzene rings is 1. The third-order valence-corrected chi connectivity index (χ3v) is 5.44. The van der Waals surface area contributed by atoms with Crippen LogP contribution in [0.15, 0.2) is 34.1 Å². The number of hydrogen-bond donors (Lipinski definition) is 2. The summed E-state index contributed by atoms with van der Waals surface area (Å²) in [6, 6.07) is 6.96. The maximum atomic E-state index is 12.3. The molecule has 0 aliphatic heterocycles. The summed E-state index contributed by atoms with van der Waals surface area (Å²) >= 11 is 7.20. The molecule has 3 rings (SSSR count). The highest BCUT2D eigenvalue weighted by Crippen LogP contribution is 2.29. The molecule has 1 amide bonds. The first-order chi connectivity index (χ1) is 12.6. The molecule has 0 saturated heterocycles. The van der Waals surface area contributed by atoms with Crippen LogP contribution < -0.4 is 11.0 Å². The SMILES string of the molecule is O=C(CSc1nc(=O)n(CCCO)c2c1CCC2)Nc1cccc(Cl)c1. The van der Waals surface area contributed by atoms with Crippen molar-refractivity contribution < 1.29 is 9.90 Å². The van der Waals surface area contributed by atoms with Gasteiger partial charge in [0.2, 0.25) is 5.91 Å². The van der Waals surface area contributed by atoms with Gasteiger partial charge in [0.05, 0.1) is 5.75 Å². The van der Waals surface area contributed by atoms with E-state index in [1.54, 1.807) is 28.8 Å². The molecule has 1 aromatic heterocycles. The fourth-order valence-corrected chi connectivity index (χ4v) is 4.13. The summed E-state index contributed by atoms with van der Waals surface area (Å²) in [5.74, 6) is 0.00162. The summed E-state index contributed by atoms with van der Waals surface area (Å²) in [5.41, 5.74) is 2.39. The van der Waals surface area contributed by atoms with Crippen LogP contribution in [0.5, 0.6) is 0 Å². The van der Waals surface area contributed by atoms with Gasteiger partial charge in [-0.2, -0.15) is 4.98 Å². The maximum Gasteiger partial charge on any atom is 0.348 e. The van der Waals surface area contributed by atoms with Crippen molar-refractivity contribution in [2.24, 2.45) is 0 Å². The fraction of sp³-hybridized carbons (Fsp3) is 0.389. The molecule has 26 heavy (non-hydrogen) atoms. The first-order valence-corrected chi connectivity index (χ1v) is 9.86. The molecule has 6 nitrogen and oxygen atoms in total. The summed E-state index contributed by atoms with van der Waals surface area (Å²) in [6.45, 7) is 0.520. The maximum absolute atomic E-state index is 12.3. The predicted octanol–water partition coefficient (Wildman–Crippen LogP) is 2.50. The van der Waals surface area contributed by atoms with Crippen LogP contribution in [0.25, 0.3) is 0 Å². The minimum Gasteiger partial charge on any atom is -0.396 e. The van der Waals surface area contributed by atoms with E-state index in [2.05, 4.69) is 10.3 Å². The van der Waals surface area contributed by atoms with Crippen LogP contribution in [-0.4, -0.2) is 32.9 Å². The molecule has 8 heteroatoms. The monoisotopic (exact) mass is 393 g/mol. The zero-order chi connectivity index (χ0) is 18.5. The van der Waals surface area contributed by atoms with E-state index in [1.165, 1.54) is 11.8 Å². The first-order valence-electron chi connectivity index (χ1n) is 8.50. The molecule has 1 aliphatic rings. The van der Waals surface area contributed by atoms with Gasteiger partial charge in [-0.15, -0.1) is 0 Å². The van der Waals surface area contributed by atoms with Crippen LogP contribution in [0.4, 0.5) is 5.69 Å².